The lowest BCUT2D eigenvalue weighted by atomic mass is 10.2. The summed E-state index contributed by atoms with van der Waals surface area (Å²) >= 11 is 3.22. The molecular formula is C11H12BrN3O. The Morgan fingerprint density at radius 1 is 1.62 bits per heavy atom. The molecule has 1 atom stereocenters. The molecule has 84 valence electrons. The average molecular weight is 282 g/mol. The van der Waals surface area contributed by atoms with Gasteiger partial charge in [-0.25, -0.2) is 4.68 Å². The number of H-pyrrole nitrogens is 1. The lowest BCUT2D eigenvalue weighted by molar-refractivity contribution is 0.451. The zero-order valence-electron chi connectivity index (χ0n) is 8.90. The summed E-state index contributed by atoms with van der Waals surface area (Å²) in [7, 11) is 0. The highest BCUT2D eigenvalue weighted by Gasteiger charge is 2.30. The number of rotatable bonds is 2. The molecule has 2 aromatic rings. The van der Waals surface area contributed by atoms with Gasteiger partial charge in [0.25, 0.3) is 0 Å². The minimum Gasteiger partial charge on any atom is -0.345 e. The van der Waals surface area contributed by atoms with Crippen LogP contribution in [0.5, 0.6) is 0 Å². The molecule has 2 aromatic heterocycles. The lowest BCUT2D eigenvalue weighted by Gasteiger charge is -2.11. The first-order valence-electron chi connectivity index (χ1n) is 5.43. The van der Waals surface area contributed by atoms with Crippen molar-refractivity contribution < 1.29 is 0 Å². The van der Waals surface area contributed by atoms with Crippen molar-refractivity contribution in [1.29, 1.82) is 0 Å². The Labute approximate surface area is 101 Å². The Hall–Kier alpha value is -1.10. The topological polar surface area (TPSA) is 50.7 Å². The number of pyridine rings is 1. The van der Waals surface area contributed by atoms with Gasteiger partial charge in [-0.1, -0.05) is 0 Å². The Morgan fingerprint density at radius 3 is 3.06 bits per heavy atom. The van der Waals surface area contributed by atoms with Crippen LogP contribution < -0.4 is 5.43 Å². The molecule has 1 aliphatic rings. The molecule has 3 rings (SSSR count). The Bertz CT molecular complexity index is 597. The number of nitrogens with one attached hydrogen (secondary N) is 1. The van der Waals surface area contributed by atoms with E-state index < -0.39 is 0 Å². The number of halogens is 1. The van der Waals surface area contributed by atoms with Crippen LogP contribution in [0.15, 0.2) is 21.7 Å². The molecule has 2 heterocycles. The molecule has 0 aromatic carbocycles. The van der Waals surface area contributed by atoms with Crippen molar-refractivity contribution in [3.05, 3.63) is 27.1 Å². The molecule has 16 heavy (non-hydrogen) atoms. The van der Waals surface area contributed by atoms with Crippen LogP contribution >= 0.6 is 15.9 Å². The standard InChI is InChI=1S/C11H12BrN3O/c1-6(7-2-3-7)15-11-8(4-14-15)10(16)9(12)5-13-11/h4-7H,2-3H2,1H3,(H,13,16). The predicted octanol–water partition coefficient (Wildman–Crippen LogP) is 2.46. The molecule has 0 amide bonds. The maximum atomic E-state index is 11.8. The van der Waals surface area contributed by atoms with Gasteiger partial charge in [-0.2, -0.15) is 5.10 Å². The first kappa shape index (κ1) is 10.1. The molecule has 1 aliphatic carbocycles. The largest absolute Gasteiger partial charge is 0.345 e. The van der Waals surface area contributed by atoms with Crippen LogP contribution in [0.4, 0.5) is 0 Å². The number of fused-ring (bicyclic) bond motifs is 1. The molecule has 0 spiro atoms. The van der Waals surface area contributed by atoms with Crippen LogP contribution in [0.25, 0.3) is 11.0 Å². The van der Waals surface area contributed by atoms with Gasteiger partial charge >= 0.3 is 0 Å². The molecule has 0 aliphatic heterocycles. The zero-order valence-corrected chi connectivity index (χ0v) is 10.5. The summed E-state index contributed by atoms with van der Waals surface area (Å²) in [6.45, 7) is 2.16. The second kappa shape index (κ2) is 3.45. The number of nitrogens with zero attached hydrogens (tertiary/aromatic N) is 2. The van der Waals surface area contributed by atoms with E-state index in [1.165, 1.54) is 12.8 Å². The molecule has 0 saturated heterocycles. The van der Waals surface area contributed by atoms with Gasteiger partial charge in [-0.3, -0.25) is 4.79 Å². The van der Waals surface area contributed by atoms with Crippen molar-refractivity contribution in [2.24, 2.45) is 5.92 Å². The summed E-state index contributed by atoms with van der Waals surface area (Å²) in [6, 6.07) is 0.370. The summed E-state index contributed by atoms with van der Waals surface area (Å²) in [6.07, 6.45) is 5.87. The van der Waals surface area contributed by atoms with E-state index in [0.717, 1.165) is 11.6 Å². The van der Waals surface area contributed by atoms with Crippen molar-refractivity contribution in [2.75, 3.05) is 0 Å². The maximum Gasteiger partial charge on any atom is 0.206 e. The van der Waals surface area contributed by atoms with E-state index in [4.69, 9.17) is 0 Å². The summed E-state index contributed by atoms with van der Waals surface area (Å²) in [5.74, 6) is 0.718. The highest BCUT2D eigenvalue weighted by Crippen LogP contribution is 2.39. The third kappa shape index (κ3) is 1.42. The maximum absolute atomic E-state index is 11.8. The minimum atomic E-state index is 0.00277. The van der Waals surface area contributed by atoms with Crippen molar-refractivity contribution in [1.82, 2.24) is 14.8 Å². The van der Waals surface area contributed by atoms with E-state index in [1.54, 1.807) is 12.4 Å². The first-order chi connectivity index (χ1) is 7.68. The fraction of sp³-hybridized carbons (Fsp3) is 0.455. The van der Waals surface area contributed by atoms with Crippen molar-refractivity contribution in [2.45, 2.75) is 25.8 Å². The van der Waals surface area contributed by atoms with E-state index in [1.807, 2.05) is 4.68 Å². The number of hydrogen-bond donors (Lipinski definition) is 1. The van der Waals surface area contributed by atoms with Crippen LogP contribution in [-0.4, -0.2) is 14.8 Å². The van der Waals surface area contributed by atoms with Gasteiger partial charge in [0.15, 0.2) is 0 Å². The fourth-order valence-corrected chi connectivity index (χ4v) is 2.41. The molecule has 0 radical (unpaired) electrons. The van der Waals surface area contributed by atoms with E-state index in [-0.39, 0.29) is 5.43 Å². The third-order valence-electron chi connectivity index (χ3n) is 3.28. The lowest BCUT2D eigenvalue weighted by Crippen LogP contribution is -2.10. The van der Waals surface area contributed by atoms with Gasteiger partial charge < -0.3 is 4.98 Å². The Kier molecular flexibility index (Phi) is 2.17. The number of aromatic amines is 1. The first-order valence-corrected chi connectivity index (χ1v) is 6.22. The molecule has 4 nitrogen and oxygen atoms in total. The molecule has 5 heteroatoms. The summed E-state index contributed by atoms with van der Waals surface area (Å²) in [5.41, 5.74) is 0.829. The van der Waals surface area contributed by atoms with Gasteiger partial charge in [-0.15, -0.1) is 0 Å². The van der Waals surface area contributed by atoms with Crippen LogP contribution in [0.3, 0.4) is 0 Å². The van der Waals surface area contributed by atoms with E-state index in [2.05, 4.69) is 32.9 Å². The van der Waals surface area contributed by atoms with Crippen LogP contribution in [0.1, 0.15) is 25.8 Å². The van der Waals surface area contributed by atoms with Crippen LogP contribution in [0.2, 0.25) is 0 Å². The average Bonchev–Trinajstić information content (AvgIpc) is 3.03. The molecule has 1 saturated carbocycles. The second-order valence-electron chi connectivity index (χ2n) is 4.40. The number of hydrogen-bond acceptors (Lipinski definition) is 2. The Morgan fingerprint density at radius 2 is 2.38 bits per heavy atom. The van der Waals surface area contributed by atoms with Gasteiger partial charge in [-0.05, 0) is 41.6 Å². The second-order valence-corrected chi connectivity index (χ2v) is 5.25. The van der Waals surface area contributed by atoms with Gasteiger partial charge in [0.1, 0.15) is 5.65 Å². The molecular weight excluding hydrogens is 270 g/mol. The SMILES string of the molecule is CC(C1CC1)n1ncc2c(=O)c(Br)c[nH]c21. The summed E-state index contributed by atoms with van der Waals surface area (Å²) in [5, 5.41) is 4.98. The van der Waals surface area contributed by atoms with Gasteiger partial charge in [0, 0.05) is 6.20 Å². The van der Waals surface area contributed by atoms with E-state index in [0.29, 0.717) is 15.9 Å². The summed E-state index contributed by atoms with van der Waals surface area (Å²) < 4.78 is 2.49. The van der Waals surface area contributed by atoms with Crippen LogP contribution in [0, 0.1) is 5.92 Å². The predicted molar refractivity (Wildman–Crippen MR) is 65.5 cm³/mol. The normalized spacial score (nSPS) is 17.9. The summed E-state index contributed by atoms with van der Waals surface area (Å²) in [4.78, 5) is 15.0. The molecule has 1 N–H and O–H groups in total. The minimum absolute atomic E-state index is 0.00277. The third-order valence-corrected chi connectivity index (χ3v) is 3.87. The van der Waals surface area contributed by atoms with Gasteiger partial charge in [0.2, 0.25) is 5.43 Å². The van der Waals surface area contributed by atoms with Crippen molar-refractivity contribution in [3.8, 4) is 0 Å². The fourth-order valence-electron chi connectivity index (χ4n) is 2.09. The van der Waals surface area contributed by atoms with Crippen molar-refractivity contribution in [3.63, 3.8) is 0 Å². The molecule has 1 fully saturated rings. The zero-order chi connectivity index (χ0) is 11.3. The monoisotopic (exact) mass is 281 g/mol. The highest BCUT2D eigenvalue weighted by atomic mass is 79.9. The highest BCUT2D eigenvalue weighted by molar-refractivity contribution is 9.10. The van der Waals surface area contributed by atoms with Gasteiger partial charge in [0.05, 0.1) is 22.1 Å². The Balaban J connectivity index is 2.20. The van der Waals surface area contributed by atoms with E-state index >= 15 is 0 Å². The molecule has 1 unspecified atom stereocenters. The quantitative estimate of drug-likeness (QED) is 0.919. The smallest absolute Gasteiger partial charge is 0.206 e. The number of aromatic nitrogens is 3. The van der Waals surface area contributed by atoms with Crippen LogP contribution in [-0.2, 0) is 0 Å². The molecule has 0 bridgehead atoms. The van der Waals surface area contributed by atoms with Crippen molar-refractivity contribution >= 4 is 27.0 Å². The van der Waals surface area contributed by atoms with E-state index in [9.17, 15) is 4.79 Å².